The third-order valence-electron chi connectivity index (χ3n) is 1.06. The van der Waals surface area contributed by atoms with Gasteiger partial charge in [-0.25, -0.2) is 0 Å². The Kier molecular flexibility index (Phi) is 3.19. The second-order valence-corrected chi connectivity index (χ2v) is 1.97. The van der Waals surface area contributed by atoms with Crippen molar-refractivity contribution in [2.45, 2.75) is 13.8 Å². The summed E-state index contributed by atoms with van der Waals surface area (Å²) in [5.41, 5.74) is 1.36. The third kappa shape index (κ3) is 1.89. The van der Waals surface area contributed by atoms with Gasteiger partial charge in [0.05, 0.1) is 0 Å². The first-order valence-electron chi connectivity index (χ1n) is 2.49. The summed E-state index contributed by atoms with van der Waals surface area (Å²) in [6.07, 6.45) is 6.41. The van der Waals surface area contributed by atoms with Crippen LogP contribution >= 0.6 is 0 Å². The van der Waals surface area contributed by atoms with Gasteiger partial charge in [-0.15, -0.1) is 0 Å². The van der Waals surface area contributed by atoms with Crippen molar-refractivity contribution in [1.29, 1.82) is 0 Å². The molecule has 1 heteroatoms. The van der Waals surface area contributed by atoms with Gasteiger partial charge in [0.15, 0.2) is 0 Å². The molecule has 0 aromatic rings. The first-order chi connectivity index (χ1) is 3.29. The topological polar surface area (TPSA) is 0 Å². The van der Waals surface area contributed by atoms with E-state index in [0.717, 1.165) is 0 Å². The van der Waals surface area contributed by atoms with Gasteiger partial charge in [0, 0.05) is 24.5 Å². The molecule has 0 fully saturated rings. The molecule has 0 amide bonds. The van der Waals surface area contributed by atoms with Crippen molar-refractivity contribution >= 4 is 0 Å². The molecule has 0 aliphatic heterocycles. The van der Waals surface area contributed by atoms with E-state index in [1.54, 1.807) is 0 Å². The summed E-state index contributed by atoms with van der Waals surface area (Å²) in [5.74, 6) is 1.36. The van der Waals surface area contributed by atoms with Crippen molar-refractivity contribution in [3.63, 3.8) is 0 Å². The predicted molar refractivity (Wildman–Crippen MR) is 31.8 cm³/mol. The van der Waals surface area contributed by atoms with E-state index in [0.29, 0.717) is 0 Å². The molecule has 1 aliphatic rings. The molecular formula is C7H9V. The van der Waals surface area contributed by atoms with E-state index in [9.17, 15) is 0 Å². The zero-order chi connectivity index (χ0) is 5.28. The molecular weight excluding hydrogens is 135 g/mol. The summed E-state index contributed by atoms with van der Waals surface area (Å²) in [7, 11) is 0. The Bertz CT molecular complexity index is 122. The molecule has 0 heterocycles. The van der Waals surface area contributed by atoms with Crippen LogP contribution in [0.4, 0.5) is 0 Å². The molecule has 0 N–H and O–H groups in total. The quantitative estimate of drug-likeness (QED) is 0.488. The maximum Gasteiger partial charge on any atom is 0.0165 e. The van der Waals surface area contributed by atoms with Gasteiger partial charge in [-0.2, -0.15) is 0 Å². The second-order valence-electron chi connectivity index (χ2n) is 1.97. The molecule has 0 saturated carbocycles. The first-order valence-corrected chi connectivity index (χ1v) is 2.49. The van der Waals surface area contributed by atoms with E-state index in [-0.39, 0.29) is 18.6 Å². The summed E-state index contributed by atoms with van der Waals surface area (Å²) in [4.78, 5) is 0. The summed E-state index contributed by atoms with van der Waals surface area (Å²) in [6, 6.07) is 0. The van der Waals surface area contributed by atoms with Crippen molar-refractivity contribution in [2.75, 3.05) is 0 Å². The molecule has 0 nitrogen and oxygen atoms in total. The monoisotopic (exact) mass is 144 g/mol. The molecule has 42 valence electrons. The first kappa shape index (κ1) is 8.06. The molecule has 2 radical (unpaired) electrons. The third-order valence-corrected chi connectivity index (χ3v) is 1.06. The van der Waals surface area contributed by atoms with E-state index in [1.807, 2.05) is 0 Å². The Morgan fingerprint density at radius 1 is 1.12 bits per heavy atom. The van der Waals surface area contributed by atoms with Gasteiger partial charge in [-0.1, -0.05) is 30.7 Å². The van der Waals surface area contributed by atoms with Crippen LogP contribution in [0.25, 0.3) is 0 Å². The van der Waals surface area contributed by atoms with E-state index >= 15 is 0 Å². The van der Waals surface area contributed by atoms with Crippen LogP contribution in [0.1, 0.15) is 13.8 Å². The zero-order valence-corrected chi connectivity index (χ0v) is 6.58. The van der Waals surface area contributed by atoms with Crippen molar-refractivity contribution in [3.8, 4) is 0 Å². The molecule has 0 spiro atoms. The average molecular weight is 144 g/mol. The molecule has 8 heavy (non-hydrogen) atoms. The smallest absolute Gasteiger partial charge is 0.0165 e. The van der Waals surface area contributed by atoms with Crippen LogP contribution in [0.3, 0.4) is 0 Å². The normalized spacial score (nSPS) is 18.0. The summed E-state index contributed by atoms with van der Waals surface area (Å²) < 4.78 is 0. The second kappa shape index (κ2) is 3.16. The van der Waals surface area contributed by atoms with Crippen LogP contribution in [-0.2, 0) is 18.6 Å². The van der Waals surface area contributed by atoms with Gasteiger partial charge >= 0.3 is 0 Å². The SMILES string of the molecule is C[C]1C=CC(C)=C1.[V]. The maximum absolute atomic E-state index is 2.17. The minimum Gasteiger partial charge on any atom is -0.0734 e. The van der Waals surface area contributed by atoms with Crippen LogP contribution < -0.4 is 0 Å². The van der Waals surface area contributed by atoms with Crippen LogP contribution in [0.2, 0.25) is 0 Å². The van der Waals surface area contributed by atoms with Crippen LogP contribution in [0.15, 0.2) is 23.8 Å². The number of hydrogen-bond acceptors (Lipinski definition) is 0. The molecule has 0 unspecified atom stereocenters. The van der Waals surface area contributed by atoms with Gasteiger partial charge in [0.2, 0.25) is 0 Å². The summed E-state index contributed by atoms with van der Waals surface area (Å²) in [5, 5.41) is 0. The van der Waals surface area contributed by atoms with Crippen molar-refractivity contribution in [3.05, 3.63) is 29.7 Å². The van der Waals surface area contributed by atoms with Gasteiger partial charge in [-0.3, -0.25) is 0 Å². The fraction of sp³-hybridized carbons (Fsp3) is 0.286. The van der Waals surface area contributed by atoms with Gasteiger partial charge in [0.25, 0.3) is 0 Å². The fourth-order valence-corrected chi connectivity index (χ4v) is 0.718. The van der Waals surface area contributed by atoms with Gasteiger partial charge in [0.1, 0.15) is 0 Å². The number of rotatable bonds is 0. The van der Waals surface area contributed by atoms with Crippen molar-refractivity contribution < 1.29 is 18.6 Å². The molecule has 1 aliphatic carbocycles. The average Bonchev–Trinajstić information content (AvgIpc) is 1.87. The van der Waals surface area contributed by atoms with Crippen molar-refractivity contribution in [2.24, 2.45) is 0 Å². The van der Waals surface area contributed by atoms with E-state index in [1.165, 1.54) is 11.5 Å². The standard InChI is InChI=1S/C7H9.V/c1-6-3-4-7(2)5-6;/h3-5H,1-2H3;. The Labute approximate surface area is 62.6 Å². The minimum atomic E-state index is 0. The largest absolute Gasteiger partial charge is 0.0734 e. The molecule has 0 atom stereocenters. The van der Waals surface area contributed by atoms with Gasteiger partial charge in [-0.05, 0) is 6.92 Å². The predicted octanol–water partition coefficient (Wildman–Crippen LogP) is 2.09. The van der Waals surface area contributed by atoms with Crippen LogP contribution in [0, 0.1) is 5.92 Å². The molecule has 0 aromatic heterocycles. The van der Waals surface area contributed by atoms with Gasteiger partial charge < -0.3 is 0 Å². The van der Waals surface area contributed by atoms with Crippen molar-refractivity contribution in [1.82, 2.24) is 0 Å². The van der Waals surface area contributed by atoms with Crippen LogP contribution in [0.5, 0.6) is 0 Å². The van der Waals surface area contributed by atoms with E-state index in [4.69, 9.17) is 0 Å². The van der Waals surface area contributed by atoms with E-state index < -0.39 is 0 Å². The molecule has 1 rings (SSSR count). The zero-order valence-electron chi connectivity index (χ0n) is 5.18. The summed E-state index contributed by atoms with van der Waals surface area (Å²) >= 11 is 0. The number of hydrogen-bond donors (Lipinski definition) is 0. The molecule has 0 bridgehead atoms. The summed E-state index contributed by atoms with van der Waals surface area (Å²) in [6.45, 7) is 4.21. The molecule has 0 saturated heterocycles. The Hall–Kier alpha value is 0.0644. The fourth-order valence-electron chi connectivity index (χ4n) is 0.718. The molecule has 0 aromatic carbocycles. The maximum atomic E-state index is 2.17. The number of allylic oxidation sites excluding steroid dienone is 4. The Morgan fingerprint density at radius 3 is 1.88 bits per heavy atom. The minimum absolute atomic E-state index is 0. The Morgan fingerprint density at radius 2 is 1.75 bits per heavy atom. The van der Waals surface area contributed by atoms with Crippen LogP contribution in [-0.4, -0.2) is 0 Å². The Balaban J connectivity index is 0.000000490. The van der Waals surface area contributed by atoms with E-state index in [2.05, 4.69) is 32.1 Å².